The van der Waals surface area contributed by atoms with E-state index in [0.29, 0.717) is 5.95 Å². The Hall–Kier alpha value is -2.43. The average molecular weight is 253 g/mol. The molecule has 3 rings (SSSR count). The molecule has 0 aliphatic carbocycles. The molecule has 0 bridgehead atoms. The lowest BCUT2D eigenvalue weighted by atomic mass is 10.2. The van der Waals surface area contributed by atoms with Gasteiger partial charge in [-0.15, -0.1) is 0 Å². The fraction of sp³-hybridized carbons (Fsp3) is 0.214. The first-order valence-electron chi connectivity index (χ1n) is 6.35. The van der Waals surface area contributed by atoms with E-state index in [2.05, 4.69) is 32.5 Å². The monoisotopic (exact) mass is 253 g/mol. The minimum atomic E-state index is 0.674. The van der Waals surface area contributed by atoms with Crippen LogP contribution in [0.1, 0.15) is 6.42 Å². The van der Waals surface area contributed by atoms with Crippen LogP contribution in [0.15, 0.2) is 48.9 Å². The normalized spacial score (nSPS) is 10.7. The van der Waals surface area contributed by atoms with E-state index in [4.69, 9.17) is 0 Å². The van der Waals surface area contributed by atoms with Crippen molar-refractivity contribution >= 4 is 16.9 Å². The minimum Gasteiger partial charge on any atom is -0.354 e. The van der Waals surface area contributed by atoms with Crippen LogP contribution < -0.4 is 5.32 Å². The molecule has 19 heavy (non-hydrogen) atoms. The van der Waals surface area contributed by atoms with Gasteiger partial charge < -0.3 is 5.32 Å². The predicted molar refractivity (Wildman–Crippen MR) is 74.9 cm³/mol. The molecule has 0 aliphatic rings. The van der Waals surface area contributed by atoms with Gasteiger partial charge in [-0.2, -0.15) is 5.10 Å². The first-order chi connectivity index (χ1) is 9.43. The van der Waals surface area contributed by atoms with Crippen LogP contribution >= 0.6 is 0 Å². The lowest BCUT2D eigenvalue weighted by Gasteiger charge is -2.05. The number of hydrogen-bond acceptors (Lipinski definition) is 4. The molecule has 0 radical (unpaired) electrons. The van der Waals surface area contributed by atoms with E-state index in [1.807, 2.05) is 23.0 Å². The summed E-state index contributed by atoms with van der Waals surface area (Å²) in [5.74, 6) is 0.674. The van der Waals surface area contributed by atoms with E-state index in [-0.39, 0.29) is 0 Å². The van der Waals surface area contributed by atoms with Crippen LogP contribution in [0.25, 0.3) is 10.9 Å². The van der Waals surface area contributed by atoms with E-state index in [1.165, 1.54) is 10.9 Å². The number of rotatable bonds is 5. The summed E-state index contributed by atoms with van der Waals surface area (Å²) in [6.07, 6.45) is 6.35. The van der Waals surface area contributed by atoms with Gasteiger partial charge in [0.1, 0.15) is 0 Å². The van der Waals surface area contributed by atoms with Gasteiger partial charge in [0.05, 0.1) is 11.7 Å². The number of aromatic nitrogens is 4. The standard InChI is InChI=1S/C14H15N5/c1-2-6-13-12(5-1)11-18-19(13)10-4-9-17-14-15-7-3-8-16-14/h1-3,5-8,11H,4,9-10H2,(H,15,16,17). The Bertz CT molecular complexity index is 647. The van der Waals surface area contributed by atoms with Crippen molar-refractivity contribution in [3.05, 3.63) is 48.9 Å². The summed E-state index contributed by atoms with van der Waals surface area (Å²) in [7, 11) is 0. The smallest absolute Gasteiger partial charge is 0.222 e. The first-order valence-corrected chi connectivity index (χ1v) is 6.35. The van der Waals surface area contributed by atoms with Crippen molar-refractivity contribution in [3.8, 4) is 0 Å². The third kappa shape index (κ3) is 2.70. The number of aryl methyl sites for hydroxylation is 1. The summed E-state index contributed by atoms with van der Waals surface area (Å²) in [6.45, 7) is 1.71. The van der Waals surface area contributed by atoms with Crippen LogP contribution in [0.4, 0.5) is 5.95 Å². The second-order valence-corrected chi connectivity index (χ2v) is 4.28. The maximum atomic E-state index is 4.40. The quantitative estimate of drug-likeness (QED) is 0.709. The lowest BCUT2D eigenvalue weighted by Crippen LogP contribution is -2.09. The molecule has 0 atom stereocenters. The number of nitrogens with one attached hydrogen (secondary N) is 1. The number of benzene rings is 1. The summed E-state index contributed by atoms with van der Waals surface area (Å²) in [4.78, 5) is 8.24. The molecular formula is C14H15N5. The van der Waals surface area contributed by atoms with Crippen molar-refractivity contribution in [2.75, 3.05) is 11.9 Å². The maximum absolute atomic E-state index is 4.40. The van der Waals surface area contributed by atoms with E-state index in [1.54, 1.807) is 18.5 Å². The Labute approximate surface area is 111 Å². The summed E-state index contributed by atoms with van der Waals surface area (Å²) in [5, 5.41) is 8.77. The van der Waals surface area contributed by atoms with Gasteiger partial charge in [-0.1, -0.05) is 18.2 Å². The molecule has 0 fully saturated rings. The zero-order valence-corrected chi connectivity index (χ0v) is 10.5. The van der Waals surface area contributed by atoms with E-state index >= 15 is 0 Å². The number of para-hydroxylation sites is 1. The van der Waals surface area contributed by atoms with Crippen molar-refractivity contribution in [2.24, 2.45) is 0 Å². The zero-order chi connectivity index (χ0) is 12.9. The van der Waals surface area contributed by atoms with E-state index in [0.717, 1.165) is 19.5 Å². The van der Waals surface area contributed by atoms with Gasteiger partial charge in [0.15, 0.2) is 0 Å². The topological polar surface area (TPSA) is 55.6 Å². The highest BCUT2D eigenvalue weighted by molar-refractivity contribution is 5.78. The number of fused-ring (bicyclic) bond motifs is 1. The molecular weight excluding hydrogens is 238 g/mol. The molecule has 0 spiro atoms. The largest absolute Gasteiger partial charge is 0.354 e. The van der Waals surface area contributed by atoms with Crippen molar-refractivity contribution < 1.29 is 0 Å². The van der Waals surface area contributed by atoms with Gasteiger partial charge in [0.25, 0.3) is 0 Å². The Morgan fingerprint density at radius 3 is 2.79 bits per heavy atom. The summed E-state index contributed by atoms with van der Waals surface area (Å²) in [6, 6.07) is 10.0. The highest BCUT2D eigenvalue weighted by atomic mass is 15.3. The lowest BCUT2D eigenvalue weighted by molar-refractivity contribution is 0.609. The van der Waals surface area contributed by atoms with Crippen LogP contribution in [0.2, 0.25) is 0 Å². The van der Waals surface area contributed by atoms with Crippen LogP contribution in [0.3, 0.4) is 0 Å². The van der Waals surface area contributed by atoms with Gasteiger partial charge in [0.2, 0.25) is 5.95 Å². The van der Waals surface area contributed by atoms with Gasteiger partial charge in [-0.3, -0.25) is 4.68 Å². The number of nitrogens with zero attached hydrogens (tertiary/aromatic N) is 4. The predicted octanol–water partition coefficient (Wildman–Crippen LogP) is 2.33. The van der Waals surface area contributed by atoms with Crippen molar-refractivity contribution in [1.29, 1.82) is 0 Å². The molecule has 2 aromatic heterocycles. The maximum Gasteiger partial charge on any atom is 0.222 e. The van der Waals surface area contributed by atoms with Crippen molar-refractivity contribution in [1.82, 2.24) is 19.7 Å². The molecule has 5 heteroatoms. The van der Waals surface area contributed by atoms with Gasteiger partial charge in [-0.05, 0) is 18.6 Å². The minimum absolute atomic E-state index is 0.674. The molecule has 1 aromatic carbocycles. The number of anilines is 1. The van der Waals surface area contributed by atoms with Crippen molar-refractivity contribution in [2.45, 2.75) is 13.0 Å². The van der Waals surface area contributed by atoms with Crippen molar-refractivity contribution in [3.63, 3.8) is 0 Å². The molecule has 0 saturated heterocycles. The molecule has 0 amide bonds. The summed E-state index contributed by atoms with van der Waals surface area (Å²) < 4.78 is 2.03. The second kappa shape index (κ2) is 5.48. The van der Waals surface area contributed by atoms with Crippen LogP contribution in [0, 0.1) is 0 Å². The molecule has 3 aromatic rings. The highest BCUT2D eigenvalue weighted by Gasteiger charge is 2.00. The molecule has 5 nitrogen and oxygen atoms in total. The zero-order valence-electron chi connectivity index (χ0n) is 10.5. The van der Waals surface area contributed by atoms with E-state index in [9.17, 15) is 0 Å². The average Bonchev–Trinajstić information content (AvgIpc) is 2.88. The number of hydrogen-bond donors (Lipinski definition) is 1. The van der Waals surface area contributed by atoms with Gasteiger partial charge in [-0.25, -0.2) is 9.97 Å². The van der Waals surface area contributed by atoms with E-state index < -0.39 is 0 Å². The highest BCUT2D eigenvalue weighted by Crippen LogP contribution is 2.12. The Morgan fingerprint density at radius 2 is 1.89 bits per heavy atom. The van der Waals surface area contributed by atoms with Crippen LogP contribution in [0.5, 0.6) is 0 Å². The molecule has 2 heterocycles. The fourth-order valence-electron chi connectivity index (χ4n) is 2.02. The van der Waals surface area contributed by atoms with Crippen LogP contribution in [-0.2, 0) is 6.54 Å². The Kier molecular flexibility index (Phi) is 3.36. The summed E-state index contributed by atoms with van der Waals surface area (Å²) >= 11 is 0. The first kappa shape index (κ1) is 11.6. The second-order valence-electron chi connectivity index (χ2n) is 4.28. The summed E-state index contributed by atoms with van der Waals surface area (Å²) in [5.41, 5.74) is 1.18. The third-order valence-electron chi connectivity index (χ3n) is 2.95. The Balaban J connectivity index is 1.55. The van der Waals surface area contributed by atoms with Gasteiger partial charge in [0, 0.05) is 30.9 Å². The third-order valence-corrected chi connectivity index (χ3v) is 2.95. The van der Waals surface area contributed by atoms with Gasteiger partial charge >= 0.3 is 0 Å². The molecule has 96 valence electrons. The van der Waals surface area contributed by atoms with Crippen LogP contribution in [-0.4, -0.2) is 26.3 Å². The molecule has 0 aliphatic heterocycles. The molecule has 0 unspecified atom stereocenters. The Morgan fingerprint density at radius 1 is 1.05 bits per heavy atom. The SMILES string of the molecule is c1cnc(NCCCn2ncc3ccccc32)nc1. The fourth-order valence-corrected chi connectivity index (χ4v) is 2.02. The molecule has 0 saturated carbocycles. The molecule has 1 N–H and O–H groups in total.